The van der Waals surface area contributed by atoms with Gasteiger partial charge < -0.3 is 10.5 Å². The molecule has 2 aliphatic rings. The summed E-state index contributed by atoms with van der Waals surface area (Å²) < 4.78 is 7.16. The standard InChI is InChI=1S/C31H27ClIN3O2/c1-18-14-20(17-38-24-12-6-21(32)7-13-24)19(2)25(15-18)29-26(16-34)31(35)36(23-10-8-22(33)9-11-23)27-4-3-5-28(37)30(27)29/h6-15,29H,3-5,17,35H2,1-2H3. The van der Waals surface area contributed by atoms with Crippen LogP contribution in [0.15, 0.2) is 83.3 Å². The van der Waals surface area contributed by atoms with E-state index in [9.17, 15) is 10.1 Å². The highest BCUT2D eigenvalue weighted by Crippen LogP contribution is 2.47. The Kier molecular flexibility index (Phi) is 7.51. The van der Waals surface area contributed by atoms with Crippen LogP contribution in [0.1, 0.15) is 47.4 Å². The van der Waals surface area contributed by atoms with Crippen molar-refractivity contribution in [1.29, 1.82) is 5.26 Å². The van der Waals surface area contributed by atoms with E-state index in [2.05, 4.69) is 40.8 Å². The quantitative estimate of drug-likeness (QED) is 0.295. The number of allylic oxidation sites excluding steroid dienone is 3. The number of nitrogens with zero attached hydrogens (tertiary/aromatic N) is 2. The molecule has 0 radical (unpaired) electrons. The number of carbonyl (C=O) groups excluding carboxylic acids is 1. The molecule has 38 heavy (non-hydrogen) atoms. The predicted molar refractivity (Wildman–Crippen MR) is 159 cm³/mol. The van der Waals surface area contributed by atoms with Gasteiger partial charge in [0.2, 0.25) is 0 Å². The minimum absolute atomic E-state index is 0.0758. The number of carbonyl (C=O) groups is 1. The molecule has 1 atom stereocenters. The number of aryl methyl sites for hydroxylation is 1. The topological polar surface area (TPSA) is 79.3 Å². The van der Waals surface area contributed by atoms with Gasteiger partial charge in [0.25, 0.3) is 0 Å². The third kappa shape index (κ3) is 4.93. The van der Waals surface area contributed by atoms with Crippen molar-refractivity contribution in [3.8, 4) is 11.8 Å². The van der Waals surface area contributed by atoms with Crippen molar-refractivity contribution in [2.45, 2.75) is 45.6 Å². The fourth-order valence-electron chi connectivity index (χ4n) is 5.39. The van der Waals surface area contributed by atoms with E-state index in [1.165, 1.54) is 0 Å². The average Bonchev–Trinajstić information content (AvgIpc) is 2.90. The fourth-order valence-corrected chi connectivity index (χ4v) is 5.87. The molecule has 2 N–H and O–H groups in total. The van der Waals surface area contributed by atoms with Crippen LogP contribution < -0.4 is 15.4 Å². The Hall–Kier alpha value is -3.28. The van der Waals surface area contributed by atoms with E-state index in [1.54, 1.807) is 12.1 Å². The first kappa shape index (κ1) is 26.3. The molecular weight excluding hydrogens is 609 g/mol. The van der Waals surface area contributed by atoms with Crippen molar-refractivity contribution in [2.75, 3.05) is 4.90 Å². The summed E-state index contributed by atoms with van der Waals surface area (Å²) in [6.07, 6.45) is 1.94. The monoisotopic (exact) mass is 635 g/mol. The summed E-state index contributed by atoms with van der Waals surface area (Å²) in [6.45, 7) is 4.40. The number of nitriles is 1. The minimum atomic E-state index is -0.517. The van der Waals surface area contributed by atoms with Gasteiger partial charge in [0.1, 0.15) is 18.2 Å². The second-order valence-electron chi connectivity index (χ2n) is 9.67. The largest absolute Gasteiger partial charge is 0.489 e. The molecule has 0 spiro atoms. The molecular formula is C31H27ClIN3O2. The zero-order valence-corrected chi connectivity index (χ0v) is 24.1. The highest BCUT2D eigenvalue weighted by molar-refractivity contribution is 14.1. The van der Waals surface area contributed by atoms with E-state index in [-0.39, 0.29) is 5.78 Å². The Bertz CT molecular complexity index is 1520. The van der Waals surface area contributed by atoms with Crippen molar-refractivity contribution >= 4 is 45.7 Å². The third-order valence-electron chi connectivity index (χ3n) is 7.22. The van der Waals surface area contributed by atoms with Gasteiger partial charge in [-0.3, -0.25) is 9.69 Å². The predicted octanol–water partition coefficient (Wildman–Crippen LogP) is 7.45. The maximum atomic E-state index is 13.5. The Morgan fingerprint density at radius 2 is 1.82 bits per heavy atom. The molecule has 3 aromatic carbocycles. The maximum absolute atomic E-state index is 13.5. The fraction of sp³-hybridized carbons (Fsp3) is 0.226. The van der Waals surface area contributed by atoms with Crippen LogP contribution in [-0.4, -0.2) is 5.78 Å². The molecule has 3 aromatic rings. The highest BCUT2D eigenvalue weighted by atomic mass is 127. The molecule has 0 saturated heterocycles. The van der Waals surface area contributed by atoms with E-state index in [0.717, 1.165) is 55.8 Å². The Morgan fingerprint density at radius 1 is 1.11 bits per heavy atom. The van der Waals surface area contributed by atoms with Crippen LogP contribution in [0, 0.1) is 28.7 Å². The first-order chi connectivity index (χ1) is 18.3. The molecule has 1 unspecified atom stereocenters. The lowest BCUT2D eigenvalue weighted by Crippen LogP contribution is -2.39. The number of rotatable bonds is 5. The van der Waals surface area contributed by atoms with Crippen molar-refractivity contribution in [1.82, 2.24) is 0 Å². The molecule has 1 aliphatic heterocycles. The first-order valence-corrected chi connectivity index (χ1v) is 13.9. The Balaban J connectivity index is 1.62. The van der Waals surface area contributed by atoms with E-state index < -0.39 is 5.92 Å². The van der Waals surface area contributed by atoms with Crippen LogP contribution in [0.3, 0.4) is 0 Å². The average molecular weight is 636 g/mol. The van der Waals surface area contributed by atoms with E-state index in [1.807, 2.05) is 55.1 Å². The first-order valence-electron chi connectivity index (χ1n) is 12.5. The summed E-state index contributed by atoms with van der Waals surface area (Å²) in [5.41, 5.74) is 13.5. The SMILES string of the molecule is Cc1cc(COc2ccc(Cl)cc2)c(C)c(C2C(C#N)=C(N)N(c3ccc(I)cc3)C3=C2C(=O)CCC3)c1. The lowest BCUT2D eigenvalue weighted by Gasteiger charge is -2.40. The molecule has 0 aromatic heterocycles. The van der Waals surface area contributed by atoms with Crippen LogP contribution in [0.2, 0.25) is 5.02 Å². The Morgan fingerprint density at radius 3 is 2.50 bits per heavy atom. The number of halogens is 2. The van der Waals surface area contributed by atoms with E-state index in [4.69, 9.17) is 22.1 Å². The minimum Gasteiger partial charge on any atom is -0.489 e. The van der Waals surface area contributed by atoms with Crippen LogP contribution >= 0.6 is 34.2 Å². The van der Waals surface area contributed by atoms with Gasteiger partial charge in [0, 0.05) is 32.0 Å². The molecule has 0 saturated carbocycles. The molecule has 0 fully saturated rings. The maximum Gasteiger partial charge on any atom is 0.161 e. The lowest BCUT2D eigenvalue weighted by molar-refractivity contribution is -0.116. The normalized spacial score (nSPS) is 17.4. The summed E-state index contributed by atoms with van der Waals surface area (Å²) in [4.78, 5) is 15.4. The summed E-state index contributed by atoms with van der Waals surface area (Å²) in [5, 5.41) is 11.0. The van der Waals surface area contributed by atoms with Crippen LogP contribution in [0.4, 0.5) is 5.69 Å². The van der Waals surface area contributed by atoms with Gasteiger partial charge in [-0.25, -0.2) is 0 Å². The van der Waals surface area contributed by atoms with Crippen molar-refractivity contribution in [3.05, 3.63) is 114 Å². The molecule has 0 amide bonds. The molecule has 1 aliphatic carbocycles. The number of hydrogen-bond donors (Lipinski definition) is 1. The third-order valence-corrected chi connectivity index (χ3v) is 8.19. The number of Topliss-reactive ketones (excluding diaryl/α,β-unsaturated/α-hetero) is 1. The van der Waals surface area contributed by atoms with Crippen molar-refractivity contribution in [3.63, 3.8) is 0 Å². The number of anilines is 1. The van der Waals surface area contributed by atoms with Crippen molar-refractivity contribution < 1.29 is 9.53 Å². The van der Waals surface area contributed by atoms with Gasteiger partial charge in [-0.1, -0.05) is 29.3 Å². The number of hydrogen-bond acceptors (Lipinski definition) is 5. The molecule has 5 nitrogen and oxygen atoms in total. The van der Waals surface area contributed by atoms with E-state index in [0.29, 0.717) is 35.0 Å². The molecule has 1 heterocycles. The summed E-state index contributed by atoms with van der Waals surface area (Å²) in [6, 6.07) is 21.8. The van der Waals surface area contributed by atoms with Crippen LogP contribution in [-0.2, 0) is 11.4 Å². The number of ketones is 1. The molecule has 0 bridgehead atoms. The highest BCUT2D eigenvalue weighted by Gasteiger charge is 2.41. The molecule has 7 heteroatoms. The van der Waals surface area contributed by atoms with Crippen LogP contribution in [0.5, 0.6) is 5.75 Å². The van der Waals surface area contributed by atoms with Gasteiger partial charge in [-0.05, 0) is 115 Å². The van der Waals surface area contributed by atoms with Gasteiger partial charge in [0.15, 0.2) is 5.78 Å². The van der Waals surface area contributed by atoms with Crippen LogP contribution in [0.25, 0.3) is 0 Å². The van der Waals surface area contributed by atoms with Gasteiger partial charge >= 0.3 is 0 Å². The smallest absolute Gasteiger partial charge is 0.161 e. The Labute approximate surface area is 241 Å². The second-order valence-corrected chi connectivity index (χ2v) is 11.4. The zero-order chi connectivity index (χ0) is 27.0. The van der Waals surface area contributed by atoms with Gasteiger partial charge in [0.05, 0.1) is 17.6 Å². The summed E-state index contributed by atoms with van der Waals surface area (Å²) in [5.74, 6) is 0.660. The second kappa shape index (κ2) is 10.8. The van der Waals surface area contributed by atoms with Gasteiger partial charge in [-0.15, -0.1) is 0 Å². The van der Waals surface area contributed by atoms with Gasteiger partial charge in [-0.2, -0.15) is 5.26 Å². The molecule has 192 valence electrons. The van der Waals surface area contributed by atoms with E-state index >= 15 is 0 Å². The number of ether oxygens (including phenoxy) is 1. The number of benzene rings is 3. The number of nitrogens with two attached hydrogens (primary N) is 1. The summed E-state index contributed by atoms with van der Waals surface area (Å²) >= 11 is 8.27. The zero-order valence-electron chi connectivity index (χ0n) is 21.2. The molecule has 5 rings (SSSR count). The van der Waals surface area contributed by atoms with Crippen molar-refractivity contribution in [2.24, 2.45) is 5.73 Å². The summed E-state index contributed by atoms with van der Waals surface area (Å²) in [7, 11) is 0. The lowest BCUT2D eigenvalue weighted by atomic mass is 9.73.